The molecule has 1 radical (unpaired) electrons. The van der Waals surface area contributed by atoms with Gasteiger partial charge in [0.25, 0.3) is 0 Å². The van der Waals surface area contributed by atoms with Gasteiger partial charge in [0, 0.05) is 38.8 Å². The molecule has 5 N–H and O–H groups in total. The Morgan fingerprint density at radius 3 is 1.78 bits per heavy atom. The summed E-state index contributed by atoms with van der Waals surface area (Å²) in [5.74, 6) is -0.922. The van der Waals surface area contributed by atoms with E-state index in [-0.39, 0.29) is 59.9 Å². The van der Waals surface area contributed by atoms with Crippen LogP contribution in [0.2, 0.25) is 0 Å². The van der Waals surface area contributed by atoms with E-state index in [4.69, 9.17) is 5.11 Å². The van der Waals surface area contributed by atoms with Crippen molar-refractivity contribution in [1.29, 1.82) is 0 Å². The summed E-state index contributed by atoms with van der Waals surface area (Å²) >= 11 is 0. The summed E-state index contributed by atoms with van der Waals surface area (Å²) in [6.45, 7) is 4.00. The molecule has 1 aromatic rings. The Morgan fingerprint density at radius 1 is 1.06 bits per heavy atom. The number of rotatable bonds is 2. The molecule has 0 saturated carbocycles. The van der Waals surface area contributed by atoms with E-state index in [9.17, 15) is 4.79 Å². The fourth-order valence-electron chi connectivity index (χ4n) is 0.732. The molecule has 0 aliphatic heterocycles. The minimum Gasteiger partial charge on any atom is -0.693 e. The molecule has 105 valence electrons. The number of nitrogens with two attached hydrogens (primary N) is 2. The maximum Gasteiger partial charge on any atom is 0.328 e. The first kappa shape index (κ1) is 36.0. The van der Waals surface area contributed by atoms with Crippen molar-refractivity contribution in [1.82, 2.24) is 0 Å². The molecule has 0 amide bonds. The number of carboxylic acids is 1. The van der Waals surface area contributed by atoms with Crippen LogP contribution >= 0.6 is 0 Å². The SMILES string of the molecule is C.C.CC.O=C(O)/C=C/c1ccccc1.[NH2-].[NH2-].[Y]. The molecular formula is C13H26N2O2Y-2. The van der Waals surface area contributed by atoms with Gasteiger partial charge in [-0.3, -0.25) is 0 Å². The van der Waals surface area contributed by atoms with Crippen molar-refractivity contribution in [2.24, 2.45) is 0 Å². The summed E-state index contributed by atoms with van der Waals surface area (Å²) in [7, 11) is 0. The topological polar surface area (TPSA) is 104 Å². The molecule has 0 heterocycles. The fourth-order valence-corrected chi connectivity index (χ4v) is 0.732. The summed E-state index contributed by atoms with van der Waals surface area (Å²) in [6.07, 6.45) is 2.68. The number of aliphatic carboxylic acids is 1. The number of hydrogen-bond acceptors (Lipinski definition) is 1. The minimum absolute atomic E-state index is 0. The normalized spacial score (nSPS) is 6.56. The van der Waals surface area contributed by atoms with Gasteiger partial charge in [0.2, 0.25) is 0 Å². The second-order valence-corrected chi connectivity index (χ2v) is 2.08. The zero-order valence-corrected chi connectivity index (χ0v) is 12.5. The van der Waals surface area contributed by atoms with Crippen LogP contribution < -0.4 is 0 Å². The fraction of sp³-hybridized carbons (Fsp3) is 0.308. The van der Waals surface area contributed by atoms with E-state index in [2.05, 4.69) is 0 Å². The predicted molar refractivity (Wildman–Crippen MR) is 78.5 cm³/mol. The number of hydrogen-bond donors (Lipinski definition) is 1. The summed E-state index contributed by atoms with van der Waals surface area (Å²) in [4.78, 5) is 10.1. The maximum atomic E-state index is 10.1. The molecule has 18 heavy (non-hydrogen) atoms. The Balaban J connectivity index is -0.0000000490. The summed E-state index contributed by atoms with van der Waals surface area (Å²) in [5.41, 5.74) is 0.898. The van der Waals surface area contributed by atoms with E-state index < -0.39 is 5.97 Å². The molecule has 0 atom stereocenters. The standard InChI is InChI=1S/C9H8O2.C2H6.2CH4.2H2N.Y/c10-9(11)7-6-8-4-2-1-3-5-8;1-2;;;;;/h1-7H,(H,10,11);1-2H3;2*1H4;2*1H2;/q;;;;2*-1;/b7-6+;;;;;;. The van der Waals surface area contributed by atoms with E-state index in [0.717, 1.165) is 11.6 Å². The molecule has 0 fully saturated rings. The van der Waals surface area contributed by atoms with Crippen molar-refractivity contribution in [2.45, 2.75) is 28.7 Å². The van der Waals surface area contributed by atoms with Gasteiger partial charge in [-0.1, -0.05) is 59.0 Å². The first-order valence-electron chi connectivity index (χ1n) is 4.25. The third-order valence-corrected chi connectivity index (χ3v) is 1.22. The molecular weight excluding hydrogens is 305 g/mol. The van der Waals surface area contributed by atoms with Gasteiger partial charge in [-0.15, -0.1) is 0 Å². The van der Waals surface area contributed by atoms with Gasteiger partial charge in [0.05, 0.1) is 0 Å². The quantitative estimate of drug-likeness (QED) is 0.721. The van der Waals surface area contributed by atoms with Crippen LogP contribution in [0.5, 0.6) is 0 Å². The van der Waals surface area contributed by atoms with E-state index in [1.54, 1.807) is 6.08 Å². The van der Waals surface area contributed by atoms with Gasteiger partial charge >= 0.3 is 5.97 Å². The third-order valence-electron chi connectivity index (χ3n) is 1.22. The smallest absolute Gasteiger partial charge is 0.328 e. The van der Waals surface area contributed by atoms with Crippen LogP contribution in [0.4, 0.5) is 0 Å². The van der Waals surface area contributed by atoms with E-state index in [0.29, 0.717) is 0 Å². The molecule has 0 aliphatic carbocycles. The molecule has 0 unspecified atom stereocenters. The Morgan fingerprint density at radius 2 is 1.44 bits per heavy atom. The van der Waals surface area contributed by atoms with Gasteiger partial charge in [-0.05, 0) is 11.6 Å². The molecule has 1 aromatic carbocycles. The van der Waals surface area contributed by atoms with Crippen molar-refractivity contribution in [3.8, 4) is 0 Å². The summed E-state index contributed by atoms with van der Waals surface area (Å²) < 4.78 is 0. The second-order valence-electron chi connectivity index (χ2n) is 2.08. The van der Waals surface area contributed by atoms with Crippen LogP contribution in [0.15, 0.2) is 36.4 Å². The van der Waals surface area contributed by atoms with Gasteiger partial charge < -0.3 is 17.4 Å². The molecule has 0 aromatic heterocycles. The minimum atomic E-state index is -0.922. The first-order valence-corrected chi connectivity index (χ1v) is 4.25. The van der Waals surface area contributed by atoms with Crippen LogP contribution in [-0.2, 0) is 37.5 Å². The van der Waals surface area contributed by atoms with Crippen LogP contribution in [0.25, 0.3) is 18.4 Å². The molecule has 0 bridgehead atoms. The predicted octanol–water partition coefficient (Wildman–Crippen LogP) is 5.51. The van der Waals surface area contributed by atoms with Crippen molar-refractivity contribution < 1.29 is 42.6 Å². The van der Waals surface area contributed by atoms with E-state index in [1.807, 2.05) is 44.2 Å². The number of carbonyl (C=O) groups is 1. The van der Waals surface area contributed by atoms with Gasteiger partial charge in [0.15, 0.2) is 0 Å². The second kappa shape index (κ2) is 25.3. The van der Waals surface area contributed by atoms with Gasteiger partial charge in [-0.25, -0.2) is 4.79 Å². The van der Waals surface area contributed by atoms with Crippen molar-refractivity contribution in [3.05, 3.63) is 54.3 Å². The molecule has 0 aliphatic rings. The van der Waals surface area contributed by atoms with Crippen molar-refractivity contribution >= 4 is 12.0 Å². The van der Waals surface area contributed by atoms with Crippen LogP contribution in [-0.4, -0.2) is 11.1 Å². The molecule has 1 rings (SSSR count). The summed E-state index contributed by atoms with van der Waals surface area (Å²) in [5, 5.41) is 8.29. The van der Waals surface area contributed by atoms with Crippen LogP contribution in [0.3, 0.4) is 0 Å². The average molecular weight is 331 g/mol. The number of benzene rings is 1. The molecule has 0 saturated heterocycles. The third kappa shape index (κ3) is 20.8. The molecule has 0 spiro atoms. The van der Waals surface area contributed by atoms with Gasteiger partial charge in [-0.2, -0.15) is 0 Å². The average Bonchev–Trinajstić information content (AvgIpc) is 2.19. The maximum absolute atomic E-state index is 10.1. The zero-order chi connectivity index (χ0) is 10.1. The van der Waals surface area contributed by atoms with Crippen LogP contribution in [0, 0.1) is 0 Å². The van der Waals surface area contributed by atoms with E-state index >= 15 is 0 Å². The molecule has 5 heteroatoms. The van der Waals surface area contributed by atoms with Gasteiger partial charge in [0.1, 0.15) is 0 Å². The zero-order valence-electron chi connectivity index (χ0n) is 9.63. The van der Waals surface area contributed by atoms with E-state index in [1.165, 1.54) is 0 Å². The first-order chi connectivity index (χ1) is 6.29. The van der Waals surface area contributed by atoms with Crippen molar-refractivity contribution in [2.75, 3.05) is 0 Å². The largest absolute Gasteiger partial charge is 0.693 e. The van der Waals surface area contributed by atoms with Crippen LogP contribution in [0.1, 0.15) is 34.3 Å². The summed E-state index contributed by atoms with van der Waals surface area (Å²) in [6, 6.07) is 9.31. The Hall–Kier alpha value is -0.546. The number of carboxylic acid groups (broad SMARTS) is 1. The monoisotopic (exact) mass is 331 g/mol. The Kier molecular flexibility index (Phi) is 50.7. The van der Waals surface area contributed by atoms with Crippen molar-refractivity contribution in [3.63, 3.8) is 0 Å². The molecule has 4 nitrogen and oxygen atoms in total. The Bertz CT molecular complexity index is 278. The Labute approximate surface area is 137 Å².